The lowest BCUT2D eigenvalue weighted by atomic mass is 10.2. The molecule has 2 rings (SSSR count). The molecule has 0 spiro atoms. The molecular formula is C23H41IN4O3. The molecule has 1 aliphatic rings. The Bertz CT molecular complexity index is 614. The van der Waals surface area contributed by atoms with Crippen LogP contribution in [0.3, 0.4) is 0 Å². The molecule has 0 aromatic heterocycles. The van der Waals surface area contributed by atoms with Crippen LogP contribution in [0.1, 0.15) is 31.7 Å². The van der Waals surface area contributed by atoms with E-state index in [1.807, 2.05) is 12.1 Å². The Balaban J connectivity index is 0.00000480. The van der Waals surface area contributed by atoms with Crippen LogP contribution in [0.5, 0.6) is 5.75 Å². The van der Waals surface area contributed by atoms with E-state index in [2.05, 4.69) is 41.6 Å². The van der Waals surface area contributed by atoms with Crippen molar-refractivity contribution < 1.29 is 14.2 Å². The average molecular weight is 549 g/mol. The molecule has 178 valence electrons. The van der Waals surface area contributed by atoms with Crippen molar-refractivity contribution >= 4 is 29.9 Å². The van der Waals surface area contributed by atoms with Gasteiger partial charge in [-0.15, -0.1) is 24.0 Å². The van der Waals surface area contributed by atoms with Crippen molar-refractivity contribution in [3.05, 3.63) is 29.8 Å². The van der Waals surface area contributed by atoms with Crippen LogP contribution in [0.4, 0.5) is 0 Å². The van der Waals surface area contributed by atoms with E-state index < -0.39 is 0 Å². The second-order valence-electron chi connectivity index (χ2n) is 7.79. The molecule has 1 aliphatic carbocycles. The average Bonchev–Trinajstić information content (AvgIpc) is 3.57. The summed E-state index contributed by atoms with van der Waals surface area (Å²) in [7, 11) is 3.79. The fraction of sp³-hybridized carbons (Fsp3) is 0.696. The first-order valence-corrected chi connectivity index (χ1v) is 11.2. The summed E-state index contributed by atoms with van der Waals surface area (Å²) in [4.78, 5) is 6.90. The van der Waals surface area contributed by atoms with E-state index in [9.17, 15) is 0 Å². The minimum Gasteiger partial charge on any atom is -0.492 e. The Morgan fingerprint density at radius 3 is 2.71 bits per heavy atom. The summed E-state index contributed by atoms with van der Waals surface area (Å²) < 4.78 is 16.7. The first-order valence-electron chi connectivity index (χ1n) is 11.2. The lowest BCUT2D eigenvalue weighted by Gasteiger charge is -2.16. The van der Waals surface area contributed by atoms with Crippen LogP contribution < -0.4 is 15.4 Å². The molecule has 0 atom stereocenters. The van der Waals surface area contributed by atoms with Gasteiger partial charge in [-0.25, -0.2) is 4.99 Å². The highest BCUT2D eigenvalue weighted by Gasteiger charge is 2.20. The molecule has 0 bridgehead atoms. The zero-order valence-electron chi connectivity index (χ0n) is 19.4. The molecule has 0 radical (unpaired) electrons. The van der Waals surface area contributed by atoms with Crippen LogP contribution in [0.15, 0.2) is 29.3 Å². The molecule has 1 saturated carbocycles. The molecule has 0 aliphatic heterocycles. The number of methoxy groups -OCH3 is 1. The van der Waals surface area contributed by atoms with Crippen molar-refractivity contribution in [1.82, 2.24) is 15.5 Å². The van der Waals surface area contributed by atoms with E-state index in [1.165, 1.54) is 12.8 Å². The molecule has 1 aromatic rings. The number of ether oxygens (including phenoxy) is 3. The summed E-state index contributed by atoms with van der Waals surface area (Å²) in [6.45, 7) is 9.27. The van der Waals surface area contributed by atoms with Gasteiger partial charge >= 0.3 is 0 Å². The van der Waals surface area contributed by atoms with E-state index in [4.69, 9.17) is 19.2 Å². The van der Waals surface area contributed by atoms with Gasteiger partial charge in [0.1, 0.15) is 12.4 Å². The summed E-state index contributed by atoms with van der Waals surface area (Å²) in [6.07, 6.45) is 3.67. The molecule has 0 unspecified atom stereocenters. The molecule has 0 amide bonds. The highest BCUT2D eigenvalue weighted by molar-refractivity contribution is 14.0. The fourth-order valence-electron chi connectivity index (χ4n) is 2.84. The molecule has 1 aromatic carbocycles. The second-order valence-corrected chi connectivity index (χ2v) is 7.79. The molecule has 0 heterocycles. The Morgan fingerprint density at radius 1 is 1.16 bits per heavy atom. The number of rotatable bonds is 16. The zero-order valence-corrected chi connectivity index (χ0v) is 21.7. The lowest BCUT2D eigenvalue weighted by Crippen LogP contribution is -2.38. The van der Waals surface area contributed by atoms with Crippen molar-refractivity contribution in [3.8, 4) is 5.75 Å². The Hall–Kier alpha value is -1.10. The highest BCUT2D eigenvalue weighted by atomic mass is 127. The van der Waals surface area contributed by atoms with Crippen molar-refractivity contribution in [2.24, 2.45) is 10.9 Å². The summed E-state index contributed by atoms with van der Waals surface area (Å²) in [5.41, 5.74) is 1.13. The minimum atomic E-state index is 0. The smallest absolute Gasteiger partial charge is 0.191 e. The summed E-state index contributed by atoms with van der Waals surface area (Å²) in [5, 5.41) is 6.69. The number of aliphatic imine (C=N–C) groups is 1. The number of hydrogen-bond donors (Lipinski definition) is 2. The second kappa shape index (κ2) is 17.5. The molecule has 8 heteroatoms. The number of hydrogen-bond acceptors (Lipinski definition) is 5. The van der Waals surface area contributed by atoms with Crippen molar-refractivity contribution in [1.29, 1.82) is 0 Å². The molecule has 7 nitrogen and oxygen atoms in total. The van der Waals surface area contributed by atoms with Crippen molar-refractivity contribution in [2.45, 2.75) is 32.7 Å². The van der Waals surface area contributed by atoms with Gasteiger partial charge in [0.15, 0.2) is 5.96 Å². The van der Waals surface area contributed by atoms with Crippen LogP contribution in [0.25, 0.3) is 0 Å². The fourth-order valence-corrected chi connectivity index (χ4v) is 2.84. The number of likely N-dealkylation sites (N-methyl/N-ethyl adjacent to an activating group) is 1. The number of nitrogens with zero attached hydrogens (tertiary/aromatic N) is 2. The number of halogens is 1. The molecule has 31 heavy (non-hydrogen) atoms. The Labute approximate surface area is 205 Å². The van der Waals surface area contributed by atoms with E-state index in [1.54, 1.807) is 7.11 Å². The first kappa shape index (κ1) is 27.9. The standard InChI is InChI=1S/C23H40N4O3.HI/c1-4-24-23(25-11-6-14-29-19-20-9-10-20)26-18-21-7-5-8-22(17-21)30-16-13-27(2)12-15-28-3;/h5,7-8,17,20H,4,6,9-16,18-19H2,1-3H3,(H2,24,25,26);1H. The van der Waals surface area contributed by atoms with E-state index in [0.717, 1.165) is 75.6 Å². The van der Waals surface area contributed by atoms with Crippen molar-refractivity contribution in [2.75, 3.05) is 66.8 Å². The zero-order chi connectivity index (χ0) is 21.4. The van der Waals surface area contributed by atoms with Crippen molar-refractivity contribution in [3.63, 3.8) is 0 Å². The van der Waals surface area contributed by atoms with Gasteiger partial charge in [0.05, 0.1) is 13.2 Å². The SMILES string of the molecule is CCNC(=NCc1cccc(OCCN(C)CCOC)c1)NCCCOCC1CC1.I. The van der Waals surface area contributed by atoms with Gasteiger partial charge in [0.25, 0.3) is 0 Å². The van der Waals surface area contributed by atoms with Crippen LogP contribution in [-0.4, -0.2) is 77.6 Å². The van der Waals surface area contributed by atoms with Gasteiger partial charge in [0.2, 0.25) is 0 Å². The largest absolute Gasteiger partial charge is 0.492 e. The Morgan fingerprint density at radius 2 is 1.97 bits per heavy atom. The van der Waals surface area contributed by atoms with Crippen LogP contribution >= 0.6 is 24.0 Å². The third-order valence-corrected chi connectivity index (χ3v) is 4.89. The maximum absolute atomic E-state index is 5.90. The van der Waals surface area contributed by atoms with E-state index in [0.29, 0.717) is 13.2 Å². The lowest BCUT2D eigenvalue weighted by molar-refractivity contribution is 0.123. The predicted molar refractivity (Wildman–Crippen MR) is 138 cm³/mol. The normalized spacial score (nSPS) is 13.7. The van der Waals surface area contributed by atoms with Gasteiger partial charge in [-0.3, -0.25) is 0 Å². The third kappa shape index (κ3) is 13.8. The molecule has 1 fully saturated rings. The maximum Gasteiger partial charge on any atom is 0.191 e. The van der Waals surface area contributed by atoms with E-state index in [-0.39, 0.29) is 24.0 Å². The summed E-state index contributed by atoms with van der Waals surface area (Å²) in [6, 6.07) is 8.16. The number of benzene rings is 1. The van der Waals surface area contributed by atoms with Gasteiger partial charge in [-0.05, 0) is 56.8 Å². The topological polar surface area (TPSA) is 67.4 Å². The first-order chi connectivity index (χ1) is 14.7. The van der Waals surface area contributed by atoms with Crippen LogP contribution in [0, 0.1) is 5.92 Å². The number of nitrogens with one attached hydrogen (secondary N) is 2. The third-order valence-electron chi connectivity index (χ3n) is 4.89. The van der Waals surface area contributed by atoms with Gasteiger partial charge in [-0.2, -0.15) is 0 Å². The van der Waals surface area contributed by atoms with Crippen LogP contribution in [0.2, 0.25) is 0 Å². The number of guanidine groups is 1. The summed E-state index contributed by atoms with van der Waals surface area (Å²) >= 11 is 0. The van der Waals surface area contributed by atoms with Crippen LogP contribution in [-0.2, 0) is 16.0 Å². The van der Waals surface area contributed by atoms with Gasteiger partial charge < -0.3 is 29.7 Å². The molecule has 0 saturated heterocycles. The molecular weight excluding hydrogens is 507 g/mol. The van der Waals surface area contributed by atoms with Gasteiger partial charge in [-0.1, -0.05) is 12.1 Å². The van der Waals surface area contributed by atoms with E-state index >= 15 is 0 Å². The highest BCUT2D eigenvalue weighted by Crippen LogP contribution is 2.28. The Kier molecular flexibility index (Phi) is 15.7. The molecule has 2 N–H and O–H groups in total. The van der Waals surface area contributed by atoms with Gasteiger partial charge in [0, 0.05) is 46.5 Å². The monoisotopic (exact) mass is 548 g/mol. The minimum absolute atomic E-state index is 0. The summed E-state index contributed by atoms with van der Waals surface area (Å²) in [5.74, 6) is 2.55. The maximum atomic E-state index is 5.90. The quantitative estimate of drug-likeness (QED) is 0.143. The predicted octanol–water partition coefficient (Wildman–Crippen LogP) is 3.13.